The minimum Gasteiger partial charge on any atom is -0.371 e. The average Bonchev–Trinajstić information content (AvgIpc) is 2.14. The van der Waals surface area contributed by atoms with Crippen LogP contribution in [0.4, 0.5) is 0 Å². The number of hydrogen-bond donors (Lipinski definition) is 1. The molecule has 6 heteroatoms. The Morgan fingerprint density at radius 1 is 1.62 bits per heavy atom. The third-order valence-corrected chi connectivity index (χ3v) is 2.31. The van der Waals surface area contributed by atoms with Gasteiger partial charge < -0.3 is 4.74 Å². The maximum atomic E-state index is 10.1. The van der Waals surface area contributed by atoms with Crippen molar-refractivity contribution in [2.75, 3.05) is 13.2 Å². The summed E-state index contributed by atoms with van der Waals surface area (Å²) < 4.78 is 23.4. The van der Waals surface area contributed by atoms with Gasteiger partial charge in [-0.1, -0.05) is 6.92 Å². The molecule has 0 unspecified atom stereocenters. The number of hydrogen-bond acceptors (Lipinski definition) is 4. The van der Waals surface area contributed by atoms with Crippen LogP contribution in [0.1, 0.15) is 20.3 Å². The monoisotopic (exact) mass is 319 g/mol. The highest BCUT2D eigenvalue weighted by Gasteiger charge is 2.12. The van der Waals surface area contributed by atoms with Crippen LogP contribution in [-0.4, -0.2) is 25.4 Å². The SMILES string of the molecule is CC[C@H](C)O[C@@H](CNI)COP=O. The molecule has 0 radical (unpaired) electrons. The van der Waals surface area contributed by atoms with Gasteiger partial charge in [-0.15, -0.1) is 0 Å². The third kappa shape index (κ3) is 7.76. The van der Waals surface area contributed by atoms with Gasteiger partial charge in [0.1, 0.15) is 0 Å². The van der Waals surface area contributed by atoms with Gasteiger partial charge in [-0.05, 0) is 13.3 Å². The molecule has 0 aliphatic heterocycles. The molecular weight excluding hydrogens is 304 g/mol. The van der Waals surface area contributed by atoms with E-state index in [2.05, 4.69) is 10.5 Å². The van der Waals surface area contributed by atoms with Crippen LogP contribution >= 0.6 is 31.6 Å². The molecule has 0 saturated heterocycles. The number of ether oxygens (including phenoxy) is 1. The van der Waals surface area contributed by atoms with Gasteiger partial charge >= 0.3 is 8.69 Å². The van der Waals surface area contributed by atoms with Crippen molar-refractivity contribution in [2.24, 2.45) is 0 Å². The molecule has 78 valence electrons. The Kier molecular flexibility index (Phi) is 9.78. The molecule has 1 N–H and O–H groups in total. The molecule has 0 spiro atoms. The minimum absolute atomic E-state index is 0.0340. The molecule has 4 nitrogen and oxygen atoms in total. The molecule has 0 rings (SSSR count). The Bertz CT molecular complexity index is 139. The van der Waals surface area contributed by atoms with Gasteiger partial charge in [0.05, 0.1) is 18.8 Å². The second-order valence-electron chi connectivity index (χ2n) is 2.69. The van der Waals surface area contributed by atoms with Crippen molar-refractivity contribution in [1.29, 1.82) is 0 Å². The van der Waals surface area contributed by atoms with Crippen LogP contribution in [0.2, 0.25) is 0 Å². The molecule has 0 saturated carbocycles. The summed E-state index contributed by atoms with van der Waals surface area (Å²) in [7, 11) is -0.289. The van der Waals surface area contributed by atoms with E-state index in [1.165, 1.54) is 0 Å². The summed E-state index contributed by atoms with van der Waals surface area (Å²) in [4.78, 5) is 0. The molecule has 2 atom stereocenters. The van der Waals surface area contributed by atoms with Crippen molar-refractivity contribution in [3.63, 3.8) is 0 Å². The zero-order chi connectivity index (χ0) is 10.1. The van der Waals surface area contributed by atoms with Gasteiger partial charge in [-0.25, -0.2) is 4.57 Å². The van der Waals surface area contributed by atoms with Crippen LogP contribution in [0, 0.1) is 0 Å². The predicted molar refractivity (Wildman–Crippen MR) is 60.2 cm³/mol. The van der Waals surface area contributed by atoms with Crippen LogP contribution in [0.3, 0.4) is 0 Å². The first-order chi connectivity index (χ1) is 6.24. The molecule has 0 aliphatic carbocycles. The second-order valence-corrected chi connectivity index (χ2v) is 3.86. The lowest BCUT2D eigenvalue weighted by Gasteiger charge is -2.19. The van der Waals surface area contributed by atoms with E-state index in [1.807, 2.05) is 29.8 Å². The van der Waals surface area contributed by atoms with Crippen molar-refractivity contribution in [3.05, 3.63) is 0 Å². The van der Waals surface area contributed by atoms with E-state index >= 15 is 0 Å². The molecular formula is C7H15INO3P. The highest BCUT2D eigenvalue weighted by Crippen LogP contribution is 2.05. The van der Waals surface area contributed by atoms with E-state index in [9.17, 15) is 4.57 Å². The molecule has 0 aromatic heterocycles. The number of nitrogens with one attached hydrogen (secondary N) is 1. The summed E-state index contributed by atoms with van der Waals surface area (Å²) >= 11 is 2.05. The first-order valence-electron chi connectivity index (χ1n) is 4.18. The molecule has 0 aliphatic rings. The average molecular weight is 319 g/mol. The van der Waals surface area contributed by atoms with E-state index in [-0.39, 0.29) is 20.9 Å². The Hall–Kier alpha value is 0.710. The highest BCUT2D eigenvalue weighted by molar-refractivity contribution is 14.1. The standard InChI is InChI=1S/C7H15INO3P/c1-3-6(2)12-7(4-9-8)5-11-13-10/h6-7,9H,3-5H2,1-2H3/t6-,7-/m0/s1. The summed E-state index contributed by atoms with van der Waals surface area (Å²) in [6.45, 7) is 5.12. The van der Waals surface area contributed by atoms with Crippen molar-refractivity contribution in [1.82, 2.24) is 3.53 Å². The highest BCUT2D eigenvalue weighted by atomic mass is 127. The summed E-state index contributed by atoms with van der Waals surface area (Å²) in [6, 6.07) is 0. The van der Waals surface area contributed by atoms with Crippen LogP contribution < -0.4 is 3.53 Å². The first kappa shape index (κ1) is 13.7. The van der Waals surface area contributed by atoms with Crippen LogP contribution in [-0.2, 0) is 13.8 Å². The lowest BCUT2D eigenvalue weighted by Crippen LogP contribution is -2.31. The lowest BCUT2D eigenvalue weighted by molar-refractivity contribution is -0.0204. The molecule has 0 amide bonds. The van der Waals surface area contributed by atoms with Crippen molar-refractivity contribution >= 4 is 31.6 Å². The fourth-order valence-corrected chi connectivity index (χ4v) is 1.49. The van der Waals surface area contributed by atoms with Crippen LogP contribution in [0.25, 0.3) is 0 Å². The second kappa shape index (κ2) is 9.27. The van der Waals surface area contributed by atoms with E-state index in [0.29, 0.717) is 13.2 Å². The molecule has 0 fully saturated rings. The van der Waals surface area contributed by atoms with Gasteiger partial charge in [0.25, 0.3) is 0 Å². The molecule has 0 heterocycles. The Labute approximate surface area is 94.5 Å². The quantitative estimate of drug-likeness (QED) is 0.424. The smallest absolute Gasteiger partial charge is 0.327 e. The van der Waals surface area contributed by atoms with Gasteiger partial charge in [0.15, 0.2) is 0 Å². The molecule has 0 bridgehead atoms. The fraction of sp³-hybridized carbons (Fsp3) is 1.00. The summed E-state index contributed by atoms with van der Waals surface area (Å²) in [5.74, 6) is 0. The van der Waals surface area contributed by atoms with E-state index in [4.69, 9.17) is 9.26 Å². The van der Waals surface area contributed by atoms with Crippen molar-refractivity contribution in [3.8, 4) is 0 Å². The number of rotatable bonds is 8. The summed E-state index contributed by atoms with van der Waals surface area (Å²) in [5.41, 5.74) is 0. The molecule has 0 aromatic rings. The minimum atomic E-state index is -0.289. The number of halogens is 1. The predicted octanol–water partition coefficient (Wildman–Crippen LogP) is 2.33. The van der Waals surface area contributed by atoms with Crippen LogP contribution in [0.5, 0.6) is 0 Å². The third-order valence-electron chi connectivity index (χ3n) is 1.62. The first-order valence-corrected chi connectivity index (χ1v) is 5.99. The largest absolute Gasteiger partial charge is 0.371 e. The van der Waals surface area contributed by atoms with Crippen molar-refractivity contribution in [2.45, 2.75) is 32.5 Å². The summed E-state index contributed by atoms with van der Waals surface area (Å²) in [5, 5.41) is 0. The zero-order valence-electron chi connectivity index (χ0n) is 7.83. The van der Waals surface area contributed by atoms with E-state index < -0.39 is 0 Å². The van der Waals surface area contributed by atoms with Crippen LogP contribution in [0.15, 0.2) is 0 Å². The van der Waals surface area contributed by atoms with Crippen molar-refractivity contribution < 1.29 is 13.8 Å². The Morgan fingerprint density at radius 3 is 2.77 bits per heavy atom. The maximum Gasteiger partial charge on any atom is 0.327 e. The molecule has 0 aromatic carbocycles. The fourth-order valence-electron chi connectivity index (χ4n) is 0.771. The topological polar surface area (TPSA) is 47.6 Å². The zero-order valence-corrected chi connectivity index (χ0v) is 10.9. The Balaban J connectivity index is 3.71. The normalized spacial score (nSPS) is 15.9. The van der Waals surface area contributed by atoms with Gasteiger partial charge in [-0.3, -0.25) is 8.05 Å². The summed E-state index contributed by atoms with van der Waals surface area (Å²) in [6.07, 6.45) is 1.14. The van der Waals surface area contributed by atoms with Gasteiger partial charge in [0, 0.05) is 29.4 Å². The Morgan fingerprint density at radius 2 is 2.31 bits per heavy atom. The van der Waals surface area contributed by atoms with E-state index in [1.54, 1.807) is 0 Å². The maximum absolute atomic E-state index is 10.1. The lowest BCUT2D eigenvalue weighted by atomic mass is 10.3. The van der Waals surface area contributed by atoms with Gasteiger partial charge in [-0.2, -0.15) is 0 Å². The van der Waals surface area contributed by atoms with E-state index in [0.717, 1.165) is 6.42 Å². The van der Waals surface area contributed by atoms with Gasteiger partial charge in [0.2, 0.25) is 0 Å². The molecule has 13 heavy (non-hydrogen) atoms.